The van der Waals surface area contributed by atoms with Crippen molar-refractivity contribution >= 4 is 22.2 Å². The highest BCUT2D eigenvalue weighted by atomic mass is 32.2. The zero-order valence-corrected chi connectivity index (χ0v) is 11.7. The predicted octanol–water partition coefficient (Wildman–Crippen LogP) is 3.32. The van der Waals surface area contributed by atoms with Crippen molar-refractivity contribution in [2.45, 2.75) is 5.75 Å². The Morgan fingerprint density at radius 2 is 2.05 bits per heavy atom. The molecule has 1 atom stereocenters. The number of rotatable bonds is 4. The first-order valence-corrected chi connectivity index (χ1v) is 7.67. The molecule has 0 aromatic heterocycles. The highest BCUT2D eigenvalue weighted by Gasteiger charge is 2.08. The maximum absolute atomic E-state index is 13.5. The molecule has 102 valence electrons. The number of benzene rings is 2. The van der Waals surface area contributed by atoms with Gasteiger partial charge in [-0.2, -0.15) is 5.26 Å². The second-order valence-electron chi connectivity index (χ2n) is 4.32. The van der Waals surface area contributed by atoms with Gasteiger partial charge in [0.15, 0.2) is 0 Å². The Morgan fingerprint density at radius 3 is 2.75 bits per heavy atom. The van der Waals surface area contributed by atoms with Crippen LogP contribution in [0.15, 0.2) is 42.5 Å². The van der Waals surface area contributed by atoms with E-state index in [1.807, 2.05) is 30.3 Å². The summed E-state index contributed by atoms with van der Waals surface area (Å²) in [6.45, 7) is 0. The fourth-order valence-electron chi connectivity index (χ4n) is 1.87. The van der Waals surface area contributed by atoms with E-state index in [4.69, 9.17) is 5.26 Å². The summed E-state index contributed by atoms with van der Waals surface area (Å²) < 4.78 is 24.7. The smallest absolute Gasteiger partial charge is 0.143 e. The fraction of sp³-hybridized carbons (Fsp3) is 0.133. The maximum atomic E-state index is 13.5. The van der Waals surface area contributed by atoms with Crippen molar-refractivity contribution in [1.29, 1.82) is 5.26 Å². The molecular weight excluding hydrogens is 275 g/mol. The summed E-state index contributed by atoms with van der Waals surface area (Å²) >= 11 is 0. The quantitative estimate of drug-likeness (QED) is 0.939. The Kier molecular flexibility index (Phi) is 4.49. The lowest BCUT2D eigenvalue weighted by Crippen LogP contribution is -1.98. The van der Waals surface area contributed by atoms with Crippen LogP contribution in [0.1, 0.15) is 11.1 Å². The Bertz CT molecular complexity index is 695. The van der Waals surface area contributed by atoms with Gasteiger partial charge in [-0.3, -0.25) is 4.21 Å². The van der Waals surface area contributed by atoms with Gasteiger partial charge in [0.25, 0.3) is 0 Å². The number of hydrogen-bond acceptors (Lipinski definition) is 3. The van der Waals surface area contributed by atoms with Gasteiger partial charge in [0.05, 0.1) is 5.69 Å². The van der Waals surface area contributed by atoms with Crippen molar-refractivity contribution in [1.82, 2.24) is 0 Å². The molecule has 1 unspecified atom stereocenters. The number of halogens is 1. The Morgan fingerprint density at radius 1 is 1.30 bits per heavy atom. The lowest BCUT2D eigenvalue weighted by atomic mass is 10.1. The van der Waals surface area contributed by atoms with E-state index in [0.29, 0.717) is 11.4 Å². The lowest BCUT2D eigenvalue weighted by molar-refractivity contribution is 0.624. The number of nitrogens with zero attached hydrogens (tertiary/aromatic N) is 1. The van der Waals surface area contributed by atoms with Crippen molar-refractivity contribution in [3.63, 3.8) is 0 Å². The van der Waals surface area contributed by atoms with Crippen LogP contribution in [0.4, 0.5) is 15.8 Å². The van der Waals surface area contributed by atoms with E-state index in [9.17, 15) is 8.60 Å². The zero-order chi connectivity index (χ0) is 14.5. The molecule has 1 N–H and O–H groups in total. The van der Waals surface area contributed by atoms with Crippen molar-refractivity contribution in [2.24, 2.45) is 0 Å². The summed E-state index contributed by atoms with van der Waals surface area (Å²) in [5, 5.41) is 12.0. The molecule has 0 amide bonds. The Balaban J connectivity index is 2.29. The molecule has 5 heteroatoms. The summed E-state index contributed by atoms with van der Waals surface area (Å²) in [6, 6.07) is 13.6. The third-order valence-electron chi connectivity index (χ3n) is 2.70. The monoisotopic (exact) mass is 288 g/mol. The Hall–Kier alpha value is -2.19. The maximum Gasteiger partial charge on any atom is 0.143 e. The zero-order valence-electron chi connectivity index (χ0n) is 10.9. The number of nitrogens with one attached hydrogen (secondary N) is 1. The molecule has 0 aliphatic heterocycles. The molecule has 0 aliphatic carbocycles. The van der Waals surface area contributed by atoms with Gasteiger partial charge >= 0.3 is 0 Å². The average Bonchev–Trinajstić information content (AvgIpc) is 2.38. The summed E-state index contributed by atoms with van der Waals surface area (Å²) in [5.74, 6) is -0.0904. The van der Waals surface area contributed by atoms with Crippen LogP contribution in [-0.2, 0) is 16.6 Å². The van der Waals surface area contributed by atoms with E-state index in [1.54, 1.807) is 18.4 Å². The minimum absolute atomic E-state index is 0.0167. The molecule has 0 bridgehead atoms. The van der Waals surface area contributed by atoms with Gasteiger partial charge in [0.2, 0.25) is 0 Å². The lowest BCUT2D eigenvalue weighted by Gasteiger charge is -2.10. The molecular formula is C15H13FN2OS. The van der Waals surface area contributed by atoms with E-state index in [-0.39, 0.29) is 5.56 Å². The molecule has 2 aromatic carbocycles. The van der Waals surface area contributed by atoms with Gasteiger partial charge < -0.3 is 5.32 Å². The second-order valence-corrected chi connectivity index (χ2v) is 5.75. The number of anilines is 2. The van der Waals surface area contributed by atoms with Gasteiger partial charge in [0.1, 0.15) is 17.4 Å². The van der Waals surface area contributed by atoms with Crippen molar-refractivity contribution < 1.29 is 8.60 Å². The summed E-state index contributed by atoms with van der Waals surface area (Å²) in [5.41, 5.74) is 2.06. The van der Waals surface area contributed by atoms with Crippen LogP contribution in [0.25, 0.3) is 0 Å². The van der Waals surface area contributed by atoms with Crippen LogP contribution in [0.5, 0.6) is 0 Å². The summed E-state index contributed by atoms with van der Waals surface area (Å²) in [6.07, 6.45) is 1.64. The molecule has 0 radical (unpaired) electrons. The molecule has 0 fully saturated rings. The van der Waals surface area contributed by atoms with Crippen molar-refractivity contribution in [3.8, 4) is 6.07 Å². The van der Waals surface area contributed by atoms with E-state index >= 15 is 0 Å². The second kappa shape index (κ2) is 6.31. The van der Waals surface area contributed by atoms with Crippen LogP contribution in [0.2, 0.25) is 0 Å². The SMILES string of the molecule is CS(=O)Cc1cccc(Nc2cccc(F)c2C#N)c1. The first-order valence-electron chi connectivity index (χ1n) is 5.95. The fourth-order valence-corrected chi connectivity index (χ4v) is 2.52. The van der Waals surface area contributed by atoms with Crippen molar-refractivity contribution in [3.05, 3.63) is 59.4 Å². The van der Waals surface area contributed by atoms with Gasteiger partial charge in [-0.1, -0.05) is 18.2 Å². The van der Waals surface area contributed by atoms with Crippen molar-refractivity contribution in [2.75, 3.05) is 11.6 Å². The topological polar surface area (TPSA) is 52.9 Å². The van der Waals surface area contributed by atoms with Crippen LogP contribution in [0.3, 0.4) is 0 Å². The number of hydrogen-bond donors (Lipinski definition) is 1. The van der Waals surface area contributed by atoms with E-state index in [0.717, 1.165) is 11.3 Å². The third kappa shape index (κ3) is 3.43. The largest absolute Gasteiger partial charge is 0.354 e. The van der Waals surface area contributed by atoms with E-state index < -0.39 is 16.6 Å². The first kappa shape index (κ1) is 14.2. The van der Waals surface area contributed by atoms with E-state index in [2.05, 4.69) is 5.32 Å². The third-order valence-corrected chi connectivity index (χ3v) is 3.44. The van der Waals surface area contributed by atoms with Gasteiger partial charge in [-0.15, -0.1) is 0 Å². The van der Waals surface area contributed by atoms with Crippen LogP contribution in [-0.4, -0.2) is 10.5 Å². The average molecular weight is 288 g/mol. The van der Waals surface area contributed by atoms with Gasteiger partial charge in [-0.25, -0.2) is 4.39 Å². The highest BCUT2D eigenvalue weighted by molar-refractivity contribution is 7.83. The highest BCUT2D eigenvalue weighted by Crippen LogP contribution is 2.23. The van der Waals surface area contributed by atoms with Crippen LogP contribution >= 0.6 is 0 Å². The molecule has 0 spiro atoms. The molecule has 0 saturated heterocycles. The minimum atomic E-state index is -0.921. The molecule has 0 heterocycles. The normalized spacial score (nSPS) is 11.7. The number of nitriles is 1. The molecule has 2 rings (SSSR count). The molecule has 2 aromatic rings. The molecule has 20 heavy (non-hydrogen) atoms. The molecule has 3 nitrogen and oxygen atoms in total. The van der Waals surface area contributed by atoms with Crippen LogP contribution in [0, 0.1) is 17.1 Å². The Labute approximate surface area is 119 Å². The minimum Gasteiger partial charge on any atom is -0.354 e. The van der Waals surface area contributed by atoms with Gasteiger partial charge in [0, 0.05) is 28.5 Å². The molecule has 0 aliphatic rings. The van der Waals surface area contributed by atoms with Crippen LogP contribution < -0.4 is 5.32 Å². The standard InChI is InChI=1S/C15H13FN2OS/c1-20(19)10-11-4-2-5-12(8-11)18-15-7-3-6-14(16)13(15)9-17/h2-8,18H,10H2,1H3. The van der Waals surface area contributed by atoms with E-state index in [1.165, 1.54) is 6.07 Å². The predicted molar refractivity (Wildman–Crippen MR) is 78.6 cm³/mol. The summed E-state index contributed by atoms with van der Waals surface area (Å²) in [4.78, 5) is 0. The van der Waals surface area contributed by atoms with Gasteiger partial charge in [-0.05, 0) is 29.8 Å². The molecule has 0 saturated carbocycles. The first-order chi connectivity index (χ1) is 9.60. The summed E-state index contributed by atoms with van der Waals surface area (Å²) in [7, 11) is -0.921.